The molecule has 2 aromatic rings. The molecule has 0 radical (unpaired) electrons. The molecule has 2 N–H and O–H groups in total. The van der Waals surface area contributed by atoms with Gasteiger partial charge < -0.3 is 10.4 Å². The second-order valence-corrected chi connectivity index (χ2v) is 5.05. The van der Waals surface area contributed by atoms with Crippen LogP contribution in [0.2, 0.25) is 0 Å². The Labute approximate surface area is 123 Å². The number of nitrogens with zero attached hydrogens (tertiary/aromatic N) is 1. The molecule has 0 aromatic heterocycles. The zero-order valence-corrected chi connectivity index (χ0v) is 12.0. The van der Waals surface area contributed by atoms with Crippen molar-refractivity contribution in [2.24, 2.45) is 0 Å². The highest BCUT2D eigenvalue weighted by Gasteiger charge is 2.14. The largest absolute Gasteiger partial charge is 0.508 e. The molecule has 2 unspecified atom stereocenters. The molecule has 4 heteroatoms. The molecule has 0 aliphatic carbocycles. The minimum Gasteiger partial charge on any atom is -0.508 e. The third kappa shape index (κ3) is 3.59. The Balaban J connectivity index is 2.10. The summed E-state index contributed by atoms with van der Waals surface area (Å²) in [7, 11) is 0. The zero-order valence-electron chi connectivity index (χ0n) is 12.0. The fraction of sp³-hybridized carbons (Fsp3) is 0.235. The van der Waals surface area contributed by atoms with Gasteiger partial charge in [-0.1, -0.05) is 18.2 Å². The van der Waals surface area contributed by atoms with Crippen molar-refractivity contribution < 1.29 is 9.50 Å². The van der Waals surface area contributed by atoms with Gasteiger partial charge in [-0.2, -0.15) is 5.26 Å². The Morgan fingerprint density at radius 1 is 1.10 bits per heavy atom. The zero-order chi connectivity index (χ0) is 15.4. The summed E-state index contributed by atoms with van der Waals surface area (Å²) in [5.74, 6) is -0.509. The fourth-order valence-corrected chi connectivity index (χ4v) is 2.29. The molecule has 0 saturated carbocycles. The predicted molar refractivity (Wildman–Crippen MR) is 79.2 cm³/mol. The Kier molecular flexibility index (Phi) is 4.56. The van der Waals surface area contributed by atoms with Crippen molar-refractivity contribution in [3.8, 4) is 11.8 Å². The van der Waals surface area contributed by atoms with Crippen molar-refractivity contribution in [2.45, 2.75) is 25.9 Å². The van der Waals surface area contributed by atoms with Crippen molar-refractivity contribution in [1.82, 2.24) is 5.32 Å². The van der Waals surface area contributed by atoms with Gasteiger partial charge in [-0.15, -0.1) is 0 Å². The molecule has 2 aromatic carbocycles. The lowest BCUT2D eigenvalue weighted by atomic mass is 10.0. The first-order valence-electron chi connectivity index (χ1n) is 6.75. The molecule has 2 atom stereocenters. The maximum Gasteiger partial charge on any atom is 0.126 e. The monoisotopic (exact) mass is 284 g/mol. The van der Waals surface area contributed by atoms with Crippen LogP contribution >= 0.6 is 0 Å². The van der Waals surface area contributed by atoms with E-state index in [1.165, 1.54) is 6.07 Å². The summed E-state index contributed by atoms with van der Waals surface area (Å²) in [6.07, 6.45) is 0. The number of hydrogen-bond donors (Lipinski definition) is 2. The summed E-state index contributed by atoms with van der Waals surface area (Å²) in [6.45, 7) is 3.91. The summed E-state index contributed by atoms with van der Waals surface area (Å²) in [6, 6.07) is 13.4. The van der Waals surface area contributed by atoms with E-state index in [4.69, 9.17) is 5.26 Å². The van der Waals surface area contributed by atoms with Gasteiger partial charge in [-0.3, -0.25) is 0 Å². The van der Waals surface area contributed by atoms with E-state index in [1.807, 2.05) is 26.0 Å². The van der Waals surface area contributed by atoms with Crippen LogP contribution in [0.25, 0.3) is 0 Å². The summed E-state index contributed by atoms with van der Waals surface area (Å²) < 4.78 is 13.0. The van der Waals surface area contributed by atoms with E-state index in [2.05, 4.69) is 11.4 Å². The van der Waals surface area contributed by atoms with E-state index in [1.54, 1.807) is 18.2 Å². The van der Waals surface area contributed by atoms with Crippen LogP contribution in [0.4, 0.5) is 4.39 Å². The third-order valence-corrected chi connectivity index (χ3v) is 3.50. The lowest BCUT2D eigenvalue weighted by Crippen LogP contribution is -2.22. The molecule has 0 spiro atoms. The smallest absolute Gasteiger partial charge is 0.126 e. The average molecular weight is 284 g/mol. The van der Waals surface area contributed by atoms with E-state index >= 15 is 0 Å². The van der Waals surface area contributed by atoms with Gasteiger partial charge in [-0.05, 0) is 37.6 Å². The Bertz CT molecular complexity index is 661. The maximum absolute atomic E-state index is 13.0. The minimum absolute atomic E-state index is 0.0391. The molecule has 3 nitrogen and oxygen atoms in total. The quantitative estimate of drug-likeness (QED) is 0.897. The van der Waals surface area contributed by atoms with E-state index in [9.17, 15) is 9.50 Å². The van der Waals surface area contributed by atoms with Gasteiger partial charge in [0.1, 0.15) is 11.6 Å². The Hall–Kier alpha value is -2.38. The average Bonchev–Trinajstić information content (AvgIpc) is 2.47. The van der Waals surface area contributed by atoms with Gasteiger partial charge in [0, 0.05) is 23.7 Å². The summed E-state index contributed by atoms with van der Waals surface area (Å²) in [5.41, 5.74) is 2.31. The van der Waals surface area contributed by atoms with E-state index in [0.29, 0.717) is 11.1 Å². The molecule has 0 aliphatic rings. The summed E-state index contributed by atoms with van der Waals surface area (Å²) in [5, 5.41) is 21.9. The number of nitrogens with one attached hydrogen (secondary N) is 1. The highest BCUT2D eigenvalue weighted by atomic mass is 19.1. The van der Waals surface area contributed by atoms with Gasteiger partial charge in [0.05, 0.1) is 11.6 Å². The Morgan fingerprint density at radius 2 is 1.76 bits per heavy atom. The first-order chi connectivity index (χ1) is 10.0. The number of halogens is 1. The predicted octanol–water partition coefficient (Wildman–Crippen LogP) is 3.81. The molecule has 0 fully saturated rings. The van der Waals surface area contributed by atoms with Crippen LogP contribution in [-0.2, 0) is 0 Å². The van der Waals surface area contributed by atoms with Crippen LogP contribution in [0.15, 0.2) is 42.5 Å². The first kappa shape index (κ1) is 15.0. The molecular formula is C17H17FN2O. The highest BCUT2D eigenvalue weighted by molar-refractivity contribution is 5.36. The number of phenolic OH excluding ortho intramolecular Hbond substituents is 1. The van der Waals surface area contributed by atoms with Crippen LogP contribution < -0.4 is 5.32 Å². The molecular weight excluding hydrogens is 267 g/mol. The van der Waals surface area contributed by atoms with Crippen molar-refractivity contribution in [3.63, 3.8) is 0 Å². The molecule has 0 amide bonds. The van der Waals surface area contributed by atoms with Crippen molar-refractivity contribution in [1.29, 1.82) is 5.26 Å². The standard InChI is InChI=1S/C17H17FN2O/c1-11(14-5-3-13(10-19)4-6-14)20-12(2)16-8-7-15(18)9-17(16)21/h3-9,11-12,20-21H,1-2H3. The van der Waals surface area contributed by atoms with Gasteiger partial charge in [0.15, 0.2) is 0 Å². The minimum atomic E-state index is -0.455. The highest BCUT2D eigenvalue weighted by Crippen LogP contribution is 2.27. The van der Waals surface area contributed by atoms with Gasteiger partial charge in [0.2, 0.25) is 0 Å². The fourth-order valence-electron chi connectivity index (χ4n) is 2.29. The topological polar surface area (TPSA) is 56.0 Å². The molecule has 0 bridgehead atoms. The third-order valence-electron chi connectivity index (χ3n) is 3.50. The second-order valence-electron chi connectivity index (χ2n) is 5.05. The van der Waals surface area contributed by atoms with Crippen LogP contribution in [-0.4, -0.2) is 5.11 Å². The maximum atomic E-state index is 13.0. The number of benzene rings is 2. The Morgan fingerprint density at radius 3 is 2.33 bits per heavy atom. The summed E-state index contributed by atoms with van der Waals surface area (Å²) >= 11 is 0. The van der Waals surface area contributed by atoms with Gasteiger partial charge in [-0.25, -0.2) is 4.39 Å². The SMILES string of the molecule is CC(NC(C)c1ccc(F)cc1O)c1ccc(C#N)cc1. The molecule has 2 rings (SSSR count). The lowest BCUT2D eigenvalue weighted by Gasteiger charge is -2.21. The molecule has 108 valence electrons. The molecule has 0 saturated heterocycles. The second kappa shape index (κ2) is 6.38. The van der Waals surface area contributed by atoms with Crippen molar-refractivity contribution >= 4 is 0 Å². The van der Waals surface area contributed by atoms with Gasteiger partial charge in [0.25, 0.3) is 0 Å². The number of rotatable bonds is 4. The molecule has 0 aliphatic heterocycles. The van der Waals surface area contributed by atoms with Crippen LogP contribution in [0.1, 0.15) is 42.6 Å². The number of aromatic hydroxyl groups is 1. The summed E-state index contributed by atoms with van der Waals surface area (Å²) in [4.78, 5) is 0. The number of nitriles is 1. The van der Waals surface area contributed by atoms with Crippen molar-refractivity contribution in [3.05, 3.63) is 65.0 Å². The van der Waals surface area contributed by atoms with Gasteiger partial charge >= 0.3 is 0 Å². The van der Waals surface area contributed by atoms with Crippen LogP contribution in [0.3, 0.4) is 0 Å². The van der Waals surface area contributed by atoms with Crippen molar-refractivity contribution in [2.75, 3.05) is 0 Å². The molecule has 0 heterocycles. The lowest BCUT2D eigenvalue weighted by molar-refractivity contribution is 0.434. The van der Waals surface area contributed by atoms with E-state index in [-0.39, 0.29) is 17.8 Å². The molecule has 21 heavy (non-hydrogen) atoms. The van der Waals surface area contributed by atoms with Crippen LogP contribution in [0, 0.1) is 17.1 Å². The normalized spacial score (nSPS) is 13.4. The van der Waals surface area contributed by atoms with E-state index < -0.39 is 5.82 Å². The first-order valence-corrected chi connectivity index (χ1v) is 6.75. The number of hydrogen-bond acceptors (Lipinski definition) is 3. The van der Waals surface area contributed by atoms with E-state index in [0.717, 1.165) is 11.6 Å². The number of phenols is 1. The van der Waals surface area contributed by atoms with Crippen LogP contribution in [0.5, 0.6) is 5.75 Å².